The molecule has 0 aromatic carbocycles. The molecule has 0 aromatic rings. The smallest absolute Gasteiger partial charge is 0.348 e. The molecule has 0 bridgehead atoms. The molecule has 0 heterocycles. The summed E-state index contributed by atoms with van der Waals surface area (Å²) in [5, 5.41) is 1.50. The Hall–Kier alpha value is -1.02. The molecule has 1 rings (SSSR count). The standard InChI is InChI=1S/C10H12F7NO/c1-5(2-6-3-8(11,12)4-6)18-7(19)9(13,14)10(15,16)17/h5-6H,2-4H2,1H3,(H,18,19). The molecule has 2 nitrogen and oxygen atoms in total. The number of carbonyl (C=O) groups is 1. The molecule has 19 heavy (non-hydrogen) atoms. The predicted octanol–water partition coefficient (Wildman–Crippen LogP) is 3.12. The van der Waals surface area contributed by atoms with Crippen molar-refractivity contribution in [2.24, 2.45) is 5.92 Å². The summed E-state index contributed by atoms with van der Waals surface area (Å²) in [5.41, 5.74) is 0. The molecule has 1 N–H and O–H groups in total. The maximum atomic E-state index is 12.6. The van der Waals surface area contributed by atoms with Crippen LogP contribution in [0, 0.1) is 5.92 Å². The molecular weight excluding hydrogens is 283 g/mol. The Kier molecular flexibility index (Phi) is 4.07. The third-order valence-electron chi connectivity index (χ3n) is 2.88. The monoisotopic (exact) mass is 295 g/mol. The fraction of sp³-hybridized carbons (Fsp3) is 0.900. The molecule has 1 saturated carbocycles. The van der Waals surface area contributed by atoms with Crippen molar-refractivity contribution in [3.05, 3.63) is 0 Å². The second-order valence-electron chi connectivity index (χ2n) is 4.81. The lowest BCUT2D eigenvalue weighted by atomic mass is 9.77. The van der Waals surface area contributed by atoms with Crippen molar-refractivity contribution in [3.8, 4) is 0 Å². The maximum absolute atomic E-state index is 12.6. The van der Waals surface area contributed by atoms with E-state index in [9.17, 15) is 35.5 Å². The van der Waals surface area contributed by atoms with Gasteiger partial charge in [-0.05, 0) is 19.3 Å². The van der Waals surface area contributed by atoms with Crippen LogP contribution in [0.3, 0.4) is 0 Å². The Morgan fingerprint density at radius 1 is 1.26 bits per heavy atom. The number of hydrogen-bond acceptors (Lipinski definition) is 1. The molecule has 0 saturated heterocycles. The fourth-order valence-electron chi connectivity index (χ4n) is 1.95. The van der Waals surface area contributed by atoms with Crippen LogP contribution in [0.15, 0.2) is 0 Å². The summed E-state index contributed by atoms with van der Waals surface area (Å²) in [6.07, 6.45) is -6.92. The van der Waals surface area contributed by atoms with Gasteiger partial charge < -0.3 is 5.32 Å². The minimum atomic E-state index is -5.97. The van der Waals surface area contributed by atoms with Gasteiger partial charge in [-0.25, -0.2) is 8.78 Å². The van der Waals surface area contributed by atoms with Crippen LogP contribution < -0.4 is 5.32 Å². The van der Waals surface area contributed by atoms with E-state index in [0.29, 0.717) is 0 Å². The quantitative estimate of drug-likeness (QED) is 0.793. The summed E-state index contributed by atoms with van der Waals surface area (Å²) >= 11 is 0. The van der Waals surface area contributed by atoms with E-state index in [1.54, 1.807) is 0 Å². The first kappa shape index (κ1) is 16.0. The van der Waals surface area contributed by atoms with E-state index < -0.39 is 48.7 Å². The molecule has 1 unspecified atom stereocenters. The zero-order valence-corrected chi connectivity index (χ0v) is 9.83. The molecule has 0 spiro atoms. The van der Waals surface area contributed by atoms with Gasteiger partial charge in [-0.3, -0.25) is 4.79 Å². The normalized spacial score (nSPS) is 21.7. The SMILES string of the molecule is CC(CC1CC(F)(F)C1)NC(=O)C(F)(F)C(F)(F)F. The average molecular weight is 295 g/mol. The lowest BCUT2D eigenvalue weighted by Gasteiger charge is -2.36. The van der Waals surface area contributed by atoms with Gasteiger partial charge in [0, 0.05) is 18.9 Å². The maximum Gasteiger partial charge on any atom is 0.463 e. The summed E-state index contributed by atoms with van der Waals surface area (Å²) < 4.78 is 85.7. The molecule has 112 valence electrons. The highest BCUT2D eigenvalue weighted by molar-refractivity contribution is 5.84. The minimum Gasteiger partial charge on any atom is -0.348 e. The summed E-state index contributed by atoms with van der Waals surface area (Å²) in [6, 6.07) is -1.03. The predicted molar refractivity (Wildman–Crippen MR) is 50.9 cm³/mol. The van der Waals surface area contributed by atoms with Crippen LogP contribution in [0.1, 0.15) is 26.2 Å². The van der Waals surface area contributed by atoms with Gasteiger partial charge in [0.2, 0.25) is 5.92 Å². The molecule has 1 aliphatic carbocycles. The highest BCUT2D eigenvalue weighted by Gasteiger charge is 2.63. The average Bonchev–Trinajstić information content (AvgIpc) is 2.12. The lowest BCUT2D eigenvalue weighted by molar-refractivity contribution is -0.270. The first-order chi connectivity index (χ1) is 8.35. The summed E-state index contributed by atoms with van der Waals surface area (Å²) in [7, 11) is 0. The third-order valence-corrected chi connectivity index (χ3v) is 2.88. The topological polar surface area (TPSA) is 29.1 Å². The molecule has 0 aliphatic heterocycles. The Morgan fingerprint density at radius 3 is 2.11 bits per heavy atom. The van der Waals surface area contributed by atoms with Crippen LogP contribution in [0.25, 0.3) is 0 Å². The number of amides is 1. The van der Waals surface area contributed by atoms with Crippen LogP contribution in [0.5, 0.6) is 0 Å². The van der Waals surface area contributed by atoms with Crippen molar-refractivity contribution in [3.63, 3.8) is 0 Å². The third kappa shape index (κ3) is 3.73. The van der Waals surface area contributed by atoms with Crippen LogP contribution in [-0.4, -0.2) is 30.0 Å². The summed E-state index contributed by atoms with van der Waals surface area (Å²) in [5.74, 6) is -11.2. The van der Waals surface area contributed by atoms with E-state index in [0.717, 1.165) is 0 Å². The fourth-order valence-corrected chi connectivity index (χ4v) is 1.95. The largest absolute Gasteiger partial charge is 0.463 e. The second-order valence-corrected chi connectivity index (χ2v) is 4.81. The van der Waals surface area contributed by atoms with Crippen molar-refractivity contribution in [2.45, 2.75) is 50.2 Å². The summed E-state index contributed by atoms with van der Waals surface area (Å²) in [4.78, 5) is 10.8. The van der Waals surface area contributed by atoms with E-state index in [-0.39, 0.29) is 6.42 Å². The van der Waals surface area contributed by atoms with Crippen molar-refractivity contribution >= 4 is 5.91 Å². The van der Waals surface area contributed by atoms with Crippen LogP contribution in [-0.2, 0) is 4.79 Å². The Bertz CT molecular complexity index is 344. The van der Waals surface area contributed by atoms with E-state index in [1.165, 1.54) is 12.2 Å². The lowest BCUT2D eigenvalue weighted by Crippen LogP contribution is -2.53. The first-order valence-electron chi connectivity index (χ1n) is 5.48. The zero-order chi connectivity index (χ0) is 15.1. The van der Waals surface area contributed by atoms with Gasteiger partial charge in [0.1, 0.15) is 0 Å². The number of carbonyl (C=O) groups excluding carboxylic acids is 1. The number of halogens is 7. The molecule has 1 fully saturated rings. The van der Waals surface area contributed by atoms with Gasteiger partial charge in [-0.2, -0.15) is 22.0 Å². The first-order valence-corrected chi connectivity index (χ1v) is 5.48. The Balaban J connectivity index is 2.45. The van der Waals surface area contributed by atoms with Gasteiger partial charge in [-0.15, -0.1) is 0 Å². The van der Waals surface area contributed by atoms with Gasteiger partial charge in [0.25, 0.3) is 0 Å². The van der Waals surface area contributed by atoms with Crippen molar-refractivity contribution in [1.29, 1.82) is 0 Å². The number of rotatable bonds is 4. The van der Waals surface area contributed by atoms with E-state index in [4.69, 9.17) is 0 Å². The van der Waals surface area contributed by atoms with Crippen LogP contribution >= 0.6 is 0 Å². The highest BCUT2D eigenvalue weighted by Crippen LogP contribution is 2.44. The van der Waals surface area contributed by atoms with Gasteiger partial charge in [-0.1, -0.05) is 0 Å². The summed E-state index contributed by atoms with van der Waals surface area (Å²) in [6.45, 7) is 1.20. The van der Waals surface area contributed by atoms with Crippen molar-refractivity contribution in [2.75, 3.05) is 0 Å². The molecule has 1 aliphatic rings. The van der Waals surface area contributed by atoms with Crippen LogP contribution in [0.4, 0.5) is 30.7 Å². The highest BCUT2D eigenvalue weighted by atomic mass is 19.4. The molecule has 0 aromatic heterocycles. The van der Waals surface area contributed by atoms with Crippen molar-refractivity contribution in [1.82, 2.24) is 5.32 Å². The van der Waals surface area contributed by atoms with E-state index >= 15 is 0 Å². The molecular formula is C10H12F7NO. The Morgan fingerprint density at radius 2 is 1.74 bits per heavy atom. The van der Waals surface area contributed by atoms with Gasteiger partial charge >= 0.3 is 18.0 Å². The van der Waals surface area contributed by atoms with E-state index in [2.05, 4.69) is 0 Å². The molecule has 0 radical (unpaired) electrons. The van der Waals surface area contributed by atoms with Crippen LogP contribution in [0.2, 0.25) is 0 Å². The number of alkyl halides is 7. The molecule has 1 amide bonds. The molecule has 1 atom stereocenters. The zero-order valence-electron chi connectivity index (χ0n) is 9.83. The Labute approximate surface area is 104 Å². The minimum absolute atomic E-state index is 0.0603. The van der Waals surface area contributed by atoms with E-state index in [1.807, 2.05) is 0 Å². The van der Waals surface area contributed by atoms with Gasteiger partial charge in [0.15, 0.2) is 0 Å². The number of nitrogens with one attached hydrogen (secondary N) is 1. The molecule has 9 heteroatoms. The van der Waals surface area contributed by atoms with Gasteiger partial charge in [0.05, 0.1) is 0 Å². The number of hydrogen-bond donors (Lipinski definition) is 1. The van der Waals surface area contributed by atoms with Crippen molar-refractivity contribution < 1.29 is 35.5 Å². The second kappa shape index (κ2) is 4.82.